The molecule has 1 nitrogen and oxygen atoms in total. The molecule has 0 bridgehead atoms. The summed E-state index contributed by atoms with van der Waals surface area (Å²) >= 11 is 0. The highest BCUT2D eigenvalue weighted by atomic mass is 14.9. The number of benzene rings is 2. The highest BCUT2D eigenvalue weighted by Crippen LogP contribution is 2.28. The fourth-order valence-electron chi connectivity index (χ4n) is 2.58. The first-order chi connectivity index (χ1) is 9.47. The van der Waals surface area contributed by atoms with Crippen molar-refractivity contribution in [2.45, 2.75) is 47.2 Å². The van der Waals surface area contributed by atoms with Crippen molar-refractivity contribution in [1.29, 1.82) is 0 Å². The van der Waals surface area contributed by atoms with Gasteiger partial charge in [0, 0.05) is 12.6 Å². The first-order valence-corrected chi connectivity index (χ1v) is 7.38. The molecular formula is C19H25N. The van der Waals surface area contributed by atoms with Crippen LogP contribution in [0.4, 0.5) is 0 Å². The van der Waals surface area contributed by atoms with Gasteiger partial charge in [0.1, 0.15) is 0 Å². The minimum atomic E-state index is 0.523. The summed E-state index contributed by atoms with van der Waals surface area (Å²) in [6.45, 7) is 11.8. The molecule has 0 spiro atoms. The maximum Gasteiger partial charge on any atom is 0.0207 e. The SMILES string of the molecule is Cc1ccc(-c2ccc(CNC(C)C)cc2C)c(C)c1. The molecule has 0 fully saturated rings. The van der Waals surface area contributed by atoms with Crippen LogP contribution >= 0.6 is 0 Å². The van der Waals surface area contributed by atoms with Crippen molar-refractivity contribution < 1.29 is 0 Å². The lowest BCUT2D eigenvalue weighted by atomic mass is 9.94. The smallest absolute Gasteiger partial charge is 0.0207 e. The van der Waals surface area contributed by atoms with E-state index >= 15 is 0 Å². The zero-order valence-electron chi connectivity index (χ0n) is 13.2. The molecule has 106 valence electrons. The molecule has 0 aliphatic rings. The fraction of sp³-hybridized carbons (Fsp3) is 0.368. The summed E-state index contributed by atoms with van der Waals surface area (Å²) in [6.07, 6.45) is 0. The predicted octanol–water partition coefficient (Wildman–Crippen LogP) is 4.78. The van der Waals surface area contributed by atoms with Crippen molar-refractivity contribution in [2.75, 3.05) is 0 Å². The van der Waals surface area contributed by atoms with Crippen molar-refractivity contribution in [2.24, 2.45) is 0 Å². The molecule has 1 heteroatoms. The second-order valence-corrected chi connectivity index (χ2v) is 6.00. The molecule has 0 aliphatic heterocycles. The Bertz CT molecular complexity index is 597. The summed E-state index contributed by atoms with van der Waals surface area (Å²) in [7, 11) is 0. The molecule has 20 heavy (non-hydrogen) atoms. The van der Waals surface area contributed by atoms with E-state index in [9.17, 15) is 0 Å². The Labute approximate surface area is 123 Å². The molecule has 0 saturated heterocycles. The van der Waals surface area contributed by atoms with Crippen molar-refractivity contribution >= 4 is 0 Å². The van der Waals surface area contributed by atoms with Crippen LogP contribution in [-0.2, 0) is 6.54 Å². The monoisotopic (exact) mass is 267 g/mol. The summed E-state index contributed by atoms with van der Waals surface area (Å²) in [4.78, 5) is 0. The molecule has 1 N–H and O–H groups in total. The zero-order chi connectivity index (χ0) is 14.7. The Morgan fingerprint density at radius 3 is 2.00 bits per heavy atom. The number of rotatable bonds is 4. The van der Waals surface area contributed by atoms with Gasteiger partial charge in [-0.05, 0) is 48.6 Å². The van der Waals surface area contributed by atoms with Crippen LogP contribution in [0, 0.1) is 20.8 Å². The molecule has 0 atom stereocenters. The fourth-order valence-corrected chi connectivity index (χ4v) is 2.58. The quantitative estimate of drug-likeness (QED) is 0.841. The summed E-state index contributed by atoms with van der Waals surface area (Å²) in [5.74, 6) is 0. The molecule has 0 aromatic heterocycles. The first-order valence-electron chi connectivity index (χ1n) is 7.38. The predicted molar refractivity (Wildman–Crippen MR) is 88.1 cm³/mol. The topological polar surface area (TPSA) is 12.0 Å². The maximum atomic E-state index is 3.47. The summed E-state index contributed by atoms with van der Waals surface area (Å²) in [5, 5.41) is 3.47. The van der Waals surface area contributed by atoms with E-state index in [1.54, 1.807) is 0 Å². The van der Waals surface area contributed by atoms with Gasteiger partial charge in [-0.2, -0.15) is 0 Å². The third-order valence-electron chi connectivity index (χ3n) is 3.68. The number of nitrogens with one attached hydrogen (secondary N) is 1. The first kappa shape index (κ1) is 14.8. The average molecular weight is 267 g/mol. The van der Waals surface area contributed by atoms with Gasteiger partial charge in [-0.3, -0.25) is 0 Å². The van der Waals surface area contributed by atoms with Gasteiger partial charge in [-0.1, -0.05) is 55.8 Å². The molecule has 2 aromatic carbocycles. The Balaban J connectivity index is 2.29. The molecular weight excluding hydrogens is 242 g/mol. The van der Waals surface area contributed by atoms with E-state index < -0.39 is 0 Å². The minimum Gasteiger partial charge on any atom is -0.310 e. The summed E-state index contributed by atoms with van der Waals surface area (Å²) in [5.41, 5.74) is 8.06. The Hall–Kier alpha value is -1.60. The molecule has 0 unspecified atom stereocenters. The average Bonchev–Trinajstić information content (AvgIpc) is 2.37. The van der Waals surface area contributed by atoms with Crippen LogP contribution in [0.3, 0.4) is 0 Å². The van der Waals surface area contributed by atoms with Crippen molar-refractivity contribution in [3.8, 4) is 11.1 Å². The lowest BCUT2D eigenvalue weighted by Crippen LogP contribution is -2.21. The van der Waals surface area contributed by atoms with E-state index in [0.717, 1.165) is 6.54 Å². The van der Waals surface area contributed by atoms with E-state index in [0.29, 0.717) is 6.04 Å². The van der Waals surface area contributed by atoms with Crippen LogP contribution < -0.4 is 5.32 Å². The van der Waals surface area contributed by atoms with Crippen LogP contribution in [0.5, 0.6) is 0 Å². The largest absolute Gasteiger partial charge is 0.310 e. The molecule has 0 radical (unpaired) electrons. The normalized spacial score (nSPS) is 11.1. The third-order valence-corrected chi connectivity index (χ3v) is 3.68. The van der Waals surface area contributed by atoms with Gasteiger partial charge in [0.15, 0.2) is 0 Å². The number of hydrogen-bond donors (Lipinski definition) is 1. The standard InChI is InChI=1S/C19H25N/c1-13(2)20-12-17-7-9-19(16(5)11-17)18-8-6-14(3)10-15(18)4/h6-11,13,20H,12H2,1-5H3. The highest BCUT2D eigenvalue weighted by Gasteiger charge is 2.06. The van der Waals surface area contributed by atoms with Gasteiger partial charge in [0.2, 0.25) is 0 Å². The van der Waals surface area contributed by atoms with Gasteiger partial charge in [0.25, 0.3) is 0 Å². The van der Waals surface area contributed by atoms with Gasteiger partial charge in [-0.15, -0.1) is 0 Å². The van der Waals surface area contributed by atoms with Gasteiger partial charge < -0.3 is 5.32 Å². The van der Waals surface area contributed by atoms with E-state index in [4.69, 9.17) is 0 Å². The summed E-state index contributed by atoms with van der Waals surface area (Å²) < 4.78 is 0. The molecule has 0 saturated carbocycles. The Morgan fingerprint density at radius 1 is 0.850 bits per heavy atom. The maximum absolute atomic E-state index is 3.47. The number of aryl methyl sites for hydroxylation is 3. The Morgan fingerprint density at radius 2 is 1.45 bits per heavy atom. The van der Waals surface area contributed by atoms with Gasteiger partial charge in [0.05, 0.1) is 0 Å². The zero-order valence-corrected chi connectivity index (χ0v) is 13.2. The second kappa shape index (κ2) is 6.23. The third kappa shape index (κ3) is 3.49. The van der Waals surface area contributed by atoms with E-state index in [1.807, 2.05) is 0 Å². The van der Waals surface area contributed by atoms with E-state index in [2.05, 4.69) is 76.3 Å². The second-order valence-electron chi connectivity index (χ2n) is 6.00. The van der Waals surface area contributed by atoms with Crippen LogP contribution in [-0.4, -0.2) is 6.04 Å². The van der Waals surface area contributed by atoms with E-state index in [-0.39, 0.29) is 0 Å². The van der Waals surface area contributed by atoms with Crippen molar-refractivity contribution in [1.82, 2.24) is 5.32 Å². The van der Waals surface area contributed by atoms with Crippen molar-refractivity contribution in [3.05, 3.63) is 58.7 Å². The van der Waals surface area contributed by atoms with Crippen molar-refractivity contribution in [3.63, 3.8) is 0 Å². The minimum absolute atomic E-state index is 0.523. The molecule has 0 aliphatic carbocycles. The summed E-state index contributed by atoms with van der Waals surface area (Å²) in [6, 6.07) is 14.0. The Kier molecular flexibility index (Phi) is 4.61. The molecule has 2 aromatic rings. The highest BCUT2D eigenvalue weighted by molar-refractivity contribution is 5.71. The van der Waals surface area contributed by atoms with Gasteiger partial charge >= 0.3 is 0 Å². The van der Waals surface area contributed by atoms with Gasteiger partial charge in [-0.25, -0.2) is 0 Å². The van der Waals surface area contributed by atoms with Crippen LogP contribution in [0.1, 0.15) is 36.1 Å². The molecule has 0 heterocycles. The van der Waals surface area contributed by atoms with E-state index in [1.165, 1.54) is 33.4 Å². The lowest BCUT2D eigenvalue weighted by Gasteiger charge is -2.13. The van der Waals surface area contributed by atoms with Crippen LogP contribution in [0.25, 0.3) is 11.1 Å². The van der Waals surface area contributed by atoms with Crippen LogP contribution in [0.2, 0.25) is 0 Å². The number of hydrogen-bond acceptors (Lipinski definition) is 1. The molecule has 2 rings (SSSR count). The molecule has 0 amide bonds. The van der Waals surface area contributed by atoms with Crippen LogP contribution in [0.15, 0.2) is 36.4 Å². The lowest BCUT2D eigenvalue weighted by molar-refractivity contribution is 0.589.